The van der Waals surface area contributed by atoms with Crippen molar-refractivity contribution >= 4 is 39.7 Å². The minimum atomic E-state index is -1.33. The maximum Gasteiger partial charge on any atom is 0.225 e. The Morgan fingerprint density at radius 1 is 1.02 bits per heavy atom. The van der Waals surface area contributed by atoms with Crippen LogP contribution in [0.5, 0.6) is 11.5 Å². The Morgan fingerprint density at radius 3 is 2.42 bits per heavy atom. The Morgan fingerprint density at radius 2 is 1.76 bits per heavy atom. The van der Waals surface area contributed by atoms with Crippen molar-refractivity contribution in [2.45, 2.75) is 76.0 Å². The van der Waals surface area contributed by atoms with Gasteiger partial charge in [-0.3, -0.25) is 5.10 Å². The van der Waals surface area contributed by atoms with Crippen LogP contribution in [-0.2, 0) is 11.2 Å². The number of rotatable bonds is 9. The fourth-order valence-electron chi connectivity index (χ4n) is 5.63. The largest absolute Gasteiger partial charge is 0.611 e. The number of ether oxygens (including phenoxy) is 2. The van der Waals surface area contributed by atoms with Crippen LogP contribution >= 0.6 is 0 Å². The van der Waals surface area contributed by atoms with Gasteiger partial charge in [-0.25, -0.2) is 19.9 Å². The summed E-state index contributed by atoms with van der Waals surface area (Å²) >= 11 is -1.33. The lowest BCUT2D eigenvalue weighted by Gasteiger charge is -2.32. The molecule has 0 aliphatic carbocycles. The Kier molecular flexibility index (Phi) is 9.29. The standard InChI is InChI=1S/C32H43N9O3S/c1-20-21(2)39-40-29(20)38-30-25-14-28(45(42)32(3,4)5)27(15-26(25)36-19-37-30)43-18-22-8-12-41(13-9-22)31-34-16-24(17-35-31)44-23-6-10-33-11-7-23/h14-17,19,22-23,33H,6-13,18H2,1-5H3,(H2,36,37,38,39,40). The molecule has 6 rings (SSSR count). The van der Waals surface area contributed by atoms with Gasteiger partial charge in [-0.05, 0) is 90.5 Å². The van der Waals surface area contributed by atoms with Crippen molar-refractivity contribution in [3.8, 4) is 11.5 Å². The zero-order chi connectivity index (χ0) is 31.6. The number of hydrogen-bond donors (Lipinski definition) is 3. The lowest BCUT2D eigenvalue weighted by atomic mass is 9.98. The highest BCUT2D eigenvalue weighted by Gasteiger charge is 2.33. The smallest absolute Gasteiger partial charge is 0.225 e. The normalized spacial score (nSPS) is 17.4. The summed E-state index contributed by atoms with van der Waals surface area (Å²) in [6, 6.07) is 3.80. The van der Waals surface area contributed by atoms with Crippen molar-refractivity contribution in [3.05, 3.63) is 42.1 Å². The molecule has 3 aromatic heterocycles. The molecule has 0 radical (unpaired) electrons. The molecule has 1 unspecified atom stereocenters. The topological polar surface area (TPSA) is 149 Å². The number of H-pyrrole nitrogens is 1. The zero-order valence-electron chi connectivity index (χ0n) is 26.7. The molecule has 2 fully saturated rings. The molecule has 4 aromatic rings. The second kappa shape index (κ2) is 13.4. The monoisotopic (exact) mass is 633 g/mol. The number of benzene rings is 1. The summed E-state index contributed by atoms with van der Waals surface area (Å²) < 4.78 is 25.8. The van der Waals surface area contributed by atoms with E-state index in [1.807, 2.05) is 46.8 Å². The summed E-state index contributed by atoms with van der Waals surface area (Å²) in [6.45, 7) is 14.0. The summed E-state index contributed by atoms with van der Waals surface area (Å²) in [7, 11) is 0. The SMILES string of the molecule is Cc1n[nH]c(Nc2ncnc3cc(OCC4CCN(c5ncc(OC6CCNCC6)cn5)CC4)c([S+]([O-])C(C)(C)C)cc23)c1C. The Bertz CT molecular complexity index is 1590. The second-order valence-electron chi connectivity index (χ2n) is 12.9. The molecule has 0 bridgehead atoms. The number of nitrogens with one attached hydrogen (secondary N) is 3. The van der Waals surface area contributed by atoms with E-state index in [0.717, 1.165) is 86.0 Å². The van der Waals surface area contributed by atoms with Gasteiger partial charge in [0.25, 0.3) is 0 Å². The second-order valence-corrected chi connectivity index (χ2v) is 15.1. The van der Waals surface area contributed by atoms with Gasteiger partial charge in [0.05, 0.1) is 30.2 Å². The first-order valence-electron chi connectivity index (χ1n) is 15.7. The van der Waals surface area contributed by atoms with Gasteiger partial charge in [0.15, 0.2) is 16.4 Å². The minimum absolute atomic E-state index is 0.224. The molecule has 1 atom stereocenters. The first-order valence-corrected chi connectivity index (χ1v) is 16.9. The molecule has 0 spiro atoms. The van der Waals surface area contributed by atoms with Crippen LogP contribution in [0.3, 0.4) is 0 Å². The van der Waals surface area contributed by atoms with Crippen LogP contribution < -0.4 is 25.0 Å². The van der Waals surface area contributed by atoms with E-state index in [1.165, 1.54) is 6.33 Å². The van der Waals surface area contributed by atoms with Crippen LogP contribution in [0.2, 0.25) is 0 Å². The molecule has 0 amide bonds. The van der Waals surface area contributed by atoms with Crippen molar-refractivity contribution < 1.29 is 14.0 Å². The van der Waals surface area contributed by atoms with Crippen LogP contribution in [0.15, 0.2) is 35.7 Å². The predicted molar refractivity (Wildman–Crippen MR) is 176 cm³/mol. The van der Waals surface area contributed by atoms with E-state index in [-0.39, 0.29) is 6.10 Å². The Labute approximate surface area is 267 Å². The maximum absolute atomic E-state index is 13.8. The minimum Gasteiger partial charge on any atom is -0.611 e. The number of aromatic nitrogens is 6. The fraction of sp³-hybridized carbons (Fsp3) is 0.531. The summed E-state index contributed by atoms with van der Waals surface area (Å²) in [5.41, 5.74) is 2.64. The predicted octanol–water partition coefficient (Wildman–Crippen LogP) is 4.84. The van der Waals surface area contributed by atoms with Crippen LogP contribution in [0.25, 0.3) is 10.9 Å². The Hall–Kier alpha value is -3.68. The van der Waals surface area contributed by atoms with Gasteiger partial charge in [0.1, 0.15) is 28.8 Å². The highest BCUT2D eigenvalue weighted by Crippen LogP contribution is 2.38. The van der Waals surface area contributed by atoms with Crippen LogP contribution in [-0.4, -0.2) is 78.3 Å². The number of nitrogens with zero attached hydrogens (tertiary/aromatic N) is 6. The molecule has 45 heavy (non-hydrogen) atoms. The summed E-state index contributed by atoms with van der Waals surface area (Å²) in [4.78, 5) is 21.1. The molecule has 3 N–H and O–H groups in total. The zero-order valence-corrected chi connectivity index (χ0v) is 27.5. The quantitative estimate of drug-likeness (QED) is 0.218. The van der Waals surface area contributed by atoms with E-state index in [9.17, 15) is 4.55 Å². The molecule has 12 nitrogen and oxygen atoms in total. The number of aromatic amines is 1. The third-order valence-corrected chi connectivity index (χ3v) is 10.4. The fourth-order valence-corrected chi connectivity index (χ4v) is 6.81. The maximum atomic E-state index is 13.8. The molecule has 13 heteroatoms. The van der Waals surface area contributed by atoms with Gasteiger partial charge in [-0.15, -0.1) is 0 Å². The van der Waals surface area contributed by atoms with Gasteiger partial charge < -0.3 is 29.6 Å². The third kappa shape index (κ3) is 7.26. The molecule has 2 aliphatic rings. The lowest BCUT2D eigenvalue weighted by molar-refractivity contribution is 0.161. The first-order chi connectivity index (χ1) is 21.7. The van der Waals surface area contributed by atoms with Crippen molar-refractivity contribution in [1.82, 2.24) is 35.5 Å². The van der Waals surface area contributed by atoms with Crippen LogP contribution in [0.4, 0.5) is 17.6 Å². The van der Waals surface area contributed by atoms with Gasteiger partial charge in [0, 0.05) is 36.2 Å². The molecular weight excluding hydrogens is 590 g/mol. The molecule has 2 aliphatic heterocycles. The van der Waals surface area contributed by atoms with E-state index in [2.05, 4.69) is 45.7 Å². The van der Waals surface area contributed by atoms with Crippen LogP contribution in [0.1, 0.15) is 57.7 Å². The number of anilines is 3. The van der Waals surface area contributed by atoms with E-state index in [4.69, 9.17) is 9.47 Å². The third-order valence-electron chi connectivity index (χ3n) is 8.53. The van der Waals surface area contributed by atoms with Crippen molar-refractivity contribution in [3.63, 3.8) is 0 Å². The molecule has 0 saturated carbocycles. The number of aryl methyl sites for hydroxylation is 1. The molecule has 5 heterocycles. The van der Waals surface area contributed by atoms with E-state index in [1.54, 1.807) is 12.4 Å². The summed E-state index contributed by atoms with van der Waals surface area (Å²) in [5, 5.41) is 14.8. The van der Waals surface area contributed by atoms with Crippen molar-refractivity contribution in [2.75, 3.05) is 43.0 Å². The molecular formula is C32H43N9O3S. The number of hydrogen-bond acceptors (Lipinski definition) is 11. The highest BCUT2D eigenvalue weighted by molar-refractivity contribution is 7.92. The number of piperidine rings is 2. The summed E-state index contributed by atoms with van der Waals surface area (Å²) in [6.07, 6.45) is 9.22. The average Bonchev–Trinajstić information content (AvgIpc) is 3.36. The van der Waals surface area contributed by atoms with Gasteiger partial charge in [-0.1, -0.05) is 0 Å². The van der Waals surface area contributed by atoms with Gasteiger partial charge >= 0.3 is 0 Å². The Balaban J connectivity index is 1.12. The van der Waals surface area contributed by atoms with E-state index >= 15 is 0 Å². The van der Waals surface area contributed by atoms with Crippen molar-refractivity contribution in [2.24, 2.45) is 5.92 Å². The molecule has 2 saturated heterocycles. The van der Waals surface area contributed by atoms with E-state index in [0.29, 0.717) is 34.5 Å². The summed E-state index contributed by atoms with van der Waals surface area (Å²) in [5.74, 6) is 3.80. The van der Waals surface area contributed by atoms with Gasteiger partial charge in [0.2, 0.25) is 5.95 Å². The lowest BCUT2D eigenvalue weighted by Crippen LogP contribution is -2.36. The average molecular weight is 634 g/mol. The highest BCUT2D eigenvalue weighted by atomic mass is 32.2. The number of fused-ring (bicyclic) bond motifs is 1. The first kappa shape index (κ1) is 31.3. The molecule has 1 aromatic carbocycles. The van der Waals surface area contributed by atoms with Crippen LogP contribution in [0, 0.1) is 19.8 Å². The molecule has 240 valence electrons. The van der Waals surface area contributed by atoms with E-state index < -0.39 is 15.9 Å². The van der Waals surface area contributed by atoms with Gasteiger partial charge in [-0.2, -0.15) is 5.10 Å². The van der Waals surface area contributed by atoms with Crippen molar-refractivity contribution in [1.29, 1.82) is 0 Å².